The summed E-state index contributed by atoms with van der Waals surface area (Å²) in [6, 6.07) is 9.09. The molecule has 108 valence electrons. The summed E-state index contributed by atoms with van der Waals surface area (Å²) in [4.78, 5) is 14.4. The number of nitrogens with zero attached hydrogens (tertiary/aromatic N) is 1. The first-order valence-electron chi connectivity index (χ1n) is 7.73. The Hall–Kier alpha value is -1.35. The van der Waals surface area contributed by atoms with E-state index in [0.717, 1.165) is 25.7 Å². The molecule has 2 aliphatic carbocycles. The summed E-state index contributed by atoms with van der Waals surface area (Å²) in [6.45, 7) is 0. The number of carbonyl (C=O) groups excluding carboxylic acids is 1. The van der Waals surface area contributed by atoms with Crippen molar-refractivity contribution in [3.05, 3.63) is 35.4 Å². The highest BCUT2D eigenvalue weighted by molar-refractivity contribution is 5.76. The molecule has 0 unspecified atom stereocenters. The van der Waals surface area contributed by atoms with Crippen molar-refractivity contribution in [2.75, 3.05) is 7.05 Å². The van der Waals surface area contributed by atoms with Crippen molar-refractivity contribution in [2.45, 2.75) is 50.6 Å². The van der Waals surface area contributed by atoms with Gasteiger partial charge in [0.1, 0.15) is 0 Å². The van der Waals surface area contributed by atoms with Gasteiger partial charge in [-0.05, 0) is 42.7 Å². The van der Waals surface area contributed by atoms with Gasteiger partial charge in [0.25, 0.3) is 0 Å². The quantitative estimate of drug-likeness (QED) is 0.916. The molecule has 0 saturated heterocycles. The molecule has 0 aromatic heterocycles. The van der Waals surface area contributed by atoms with Gasteiger partial charge in [-0.15, -0.1) is 0 Å². The van der Waals surface area contributed by atoms with Crippen molar-refractivity contribution >= 4 is 5.91 Å². The van der Waals surface area contributed by atoms with Crippen LogP contribution < -0.4 is 5.73 Å². The molecule has 1 aromatic rings. The Balaban J connectivity index is 1.60. The van der Waals surface area contributed by atoms with Crippen LogP contribution in [-0.2, 0) is 17.6 Å². The van der Waals surface area contributed by atoms with Crippen molar-refractivity contribution in [3.63, 3.8) is 0 Å². The predicted molar refractivity (Wildman–Crippen MR) is 80.3 cm³/mol. The lowest BCUT2D eigenvalue weighted by Crippen LogP contribution is -2.39. The smallest absolute Gasteiger partial charge is 0.222 e. The van der Waals surface area contributed by atoms with Crippen LogP contribution >= 0.6 is 0 Å². The van der Waals surface area contributed by atoms with Gasteiger partial charge in [-0.2, -0.15) is 0 Å². The van der Waals surface area contributed by atoms with Gasteiger partial charge in [0.15, 0.2) is 0 Å². The summed E-state index contributed by atoms with van der Waals surface area (Å²) < 4.78 is 0. The van der Waals surface area contributed by atoms with Crippen LogP contribution in [0, 0.1) is 5.92 Å². The molecule has 2 N–H and O–H groups in total. The van der Waals surface area contributed by atoms with E-state index in [4.69, 9.17) is 5.73 Å². The maximum atomic E-state index is 12.5. The fourth-order valence-electron chi connectivity index (χ4n) is 3.70. The number of fused-ring (bicyclic) bond motifs is 1. The first-order chi connectivity index (χ1) is 9.65. The van der Waals surface area contributed by atoms with Gasteiger partial charge in [0.05, 0.1) is 0 Å². The molecule has 0 heterocycles. The van der Waals surface area contributed by atoms with Crippen LogP contribution in [0.15, 0.2) is 24.3 Å². The van der Waals surface area contributed by atoms with Crippen LogP contribution in [0.3, 0.4) is 0 Å². The molecule has 1 saturated carbocycles. The standard InChI is InChI=1S/C17H24N2O/c1-19(17(20)11-14-7-4-8-16(14)18)15-9-12-5-2-3-6-13(12)10-15/h2-3,5-6,14-16H,4,7-11,18H2,1H3/t14-,16+/m0/s1. The molecule has 3 nitrogen and oxygen atoms in total. The van der Waals surface area contributed by atoms with E-state index in [2.05, 4.69) is 24.3 Å². The topological polar surface area (TPSA) is 46.3 Å². The Morgan fingerprint density at radius 1 is 1.25 bits per heavy atom. The molecule has 1 aromatic carbocycles. The molecular formula is C17H24N2O. The zero-order valence-corrected chi connectivity index (χ0v) is 12.2. The molecule has 2 aliphatic rings. The first kappa shape index (κ1) is 13.6. The number of amides is 1. The highest BCUT2D eigenvalue weighted by atomic mass is 16.2. The highest BCUT2D eigenvalue weighted by Gasteiger charge is 2.31. The van der Waals surface area contributed by atoms with Crippen molar-refractivity contribution in [1.82, 2.24) is 4.90 Å². The molecular weight excluding hydrogens is 248 g/mol. The van der Waals surface area contributed by atoms with Crippen LogP contribution in [0.25, 0.3) is 0 Å². The molecule has 20 heavy (non-hydrogen) atoms. The molecule has 1 fully saturated rings. The zero-order chi connectivity index (χ0) is 14.1. The minimum atomic E-state index is 0.230. The molecule has 2 atom stereocenters. The second kappa shape index (κ2) is 5.57. The van der Waals surface area contributed by atoms with Gasteiger partial charge in [0.2, 0.25) is 5.91 Å². The lowest BCUT2D eigenvalue weighted by atomic mass is 9.99. The third-order valence-corrected chi connectivity index (χ3v) is 5.13. The lowest BCUT2D eigenvalue weighted by molar-refractivity contribution is -0.132. The minimum absolute atomic E-state index is 0.230. The molecule has 0 bridgehead atoms. The molecule has 0 aliphatic heterocycles. The van der Waals surface area contributed by atoms with Crippen LogP contribution in [0.4, 0.5) is 0 Å². The van der Waals surface area contributed by atoms with E-state index in [1.54, 1.807) is 0 Å². The van der Waals surface area contributed by atoms with Gasteiger partial charge in [-0.1, -0.05) is 30.7 Å². The van der Waals surface area contributed by atoms with Crippen molar-refractivity contribution < 1.29 is 4.79 Å². The minimum Gasteiger partial charge on any atom is -0.342 e. The fourth-order valence-corrected chi connectivity index (χ4v) is 3.70. The van der Waals surface area contributed by atoms with Gasteiger partial charge < -0.3 is 10.6 Å². The Morgan fingerprint density at radius 3 is 2.45 bits per heavy atom. The van der Waals surface area contributed by atoms with Crippen molar-refractivity contribution in [3.8, 4) is 0 Å². The SMILES string of the molecule is CN(C(=O)C[C@@H]1CCC[C@H]1N)C1Cc2ccccc2C1. The average molecular weight is 272 g/mol. The van der Waals surface area contributed by atoms with Crippen molar-refractivity contribution in [1.29, 1.82) is 0 Å². The van der Waals surface area contributed by atoms with Gasteiger partial charge in [0, 0.05) is 25.6 Å². The lowest BCUT2D eigenvalue weighted by Gasteiger charge is -2.26. The molecule has 0 spiro atoms. The van der Waals surface area contributed by atoms with Crippen LogP contribution in [0.2, 0.25) is 0 Å². The number of hydrogen-bond acceptors (Lipinski definition) is 2. The predicted octanol–water partition coefficient (Wildman–Crippen LogP) is 2.13. The molecule has 3 heteroatoms. The number of rotatable bonds is 3. The van der Waals surface area contributed by atoms with Gasteiger partial charge >= 0.3 is 0 Å². The van der Waals surface area contributed by atoms with E-state index in [1.807, 2.05) is 11.9 Å². The molecule has 3 rings (SSSR count). The fraction of sp³-hybridized carbons (Fsp3) is 0.588. The van der Waals surface area contributed by atoms with Crippen LogP contribution in [0.1, 0.15) is 36.8 Å². The third-order valence-electron chi connectivity index (χ3n) is 5.13. The van der Waals surface area contributed by atoms with Crippen LogP contribution in [-0.4, -0.2) is 29.9 Å². The second-order valence-corrected chi connectivity index (χ2v) is 6.39. The Bertz CT molecular complexity index is 475. The average Bonchev–Trinajstić information content (AvgIpc) is 3.04. The van der Waals surface area contributed by atoms with Crippen molar-refractivity contribution in [2.24, 2.45) is 11.7 Å². The maximum Gasteiger partial charge on any atom is 0.222 e. The number of benzene rings is 1. The Kier molecular flexibility index (Phi) is 3.79. The summed E-state index contributed by atoms with van der Waals surface area (Å²) in [5.41, 5.74) is 8.87. The Morgan fingerprint density at radius 2 is 1.90 bits per heavy atom. The summed E-state index contributed by atoms with van der Waals surface area (Å²) in [6.07, 6.45) is 5.99. The van der Waals surface area contributed by atoms with Crippen LogP contribution in [0.5, 0.6) is 0 Å². The highest BCUT2D eigenvalue weighted by Crippen LogP contribution is 2.29. The summed E-state index contributed by atoms with van der Waals surface area (Å²) in [7, 11) is 1.96. The van der Waals surface area contributed by atoms with E-state index in [0.29, 0.717) is 18.4 Å². The largest absolute Gasteiger partial charge is 0.342 e. The van der Waals surface area contributed by atoms with Gasteiger partial charge in [-0.25, -0.2) is 0 Å². The molecule has 0 radical (unpaired) electrons. The van der Waals surface area contributed by atoms with E-state index >= 15 is 0 Å². The van der Waals surface area contributed by atoms with E-state index < -0.39 is 0 Å². The third kappa shape index (κ3) is 2.59. The first-order valence-corrected chi connectivity index (χ1v) is 7.73. The van der Waals surface area contributed by atoms with E-state index in [1.165, 1.54) is 17.5 Å². The van der Waals surface area contributed by atoms with Gasteiger partial charge in [-0.3, -0.25) is 4.79 Å². The zero-order valence-electron chi connectivity index (χ0n) is 12.2. The monoisotopic (exact) mass is 272 g/mol. The molecule has 1 amide bonds. The second-order valence-electron chi connectivity index (χ2n) is 6.39. The van der Waals surface area contributed by atoms with E-state index in [9.17, 15) is 4.79 Å². The Labute approximate surface area is 121 Å². The summed E-state index contributed by atoms with van der Waals surface area (Å²) in [5, 5.41) is 0. The number of likely N-dealkylation sites (N-methyl/N-ethyl adjacent to an activating group) is 1. The normalized spacial score (nSPS) is 25.7. The van der Waals surface area contributed by atoms with E-state index in [-0.39, 0.29) is 11.9 Å². The number of hydrogen-bond donors (Lipinski definition) is 1. The maximum absolute atomic E-state index is 12.5. The number of nitrogens with two attached hydrogens (primary N) is 1. The number of carbonyl (C=O) groups is 1. The summed E-state index contributed by atoms with van der Waals surface area (Å²) in [5.74, 6) is 0.666. The summed E-state index contributed by atoms with van der Waals surface area (Å²) >= 11 is 0.